The van der Waals surface area contributed by atoms with E-state index in [1.54, 1.807) is 0 Å². The van der Waals surface area contributed by atoms with Crippen LogP contribution in [0.2, 0.25) is 0 Å². The van der Waals surface area contributed by atoms with Crippen molar-refractivity contribution in [3.63, 3.8) is 0 Å². The van der Waals surface area contributed by atoms with Gasteiger partial charge >= 0.3 is 0 Å². The summed E-state index contributed by atoms with van der Waals surface area (Å²) >= 11 is 0. The topological polar surface area (TPSA) is 42.3 Å². The number of rotatable bonds is 5. The Morgan fingerprint density at radius 2 is 2.05 bits per heavy atom. The Morgan fingerprint density at radius 1 is 1.25 bits per heavy atom. The van der Waals surface area contributed by atoms with E-state index in [1.165, 1.54) is 5.52 Å². The van der Waals surface area contributed by atoms with Crippen LogP contribution in [-0.4, -0.2) is 53.8 Å². The lowest BCUT2D eigenvalue weighted by molar-refractivity contribution is 0.0398. The van der Waals surface area contributed by atoms with E-state index in [2.05, 4.69) is 44.9 Å². The first kappa shape index (κ1) is 13.4. The third kappa shape index (κ3) is 2.78. The van der Waals surface area contributed by atoms with Gasteiger partial charge in [0.05, 0.1) is 24.2 Å². The van der Waals surface area contributed by atoms with Crippen LogP contribution in [0.1, 0.15) is 6.92 Å². The summed E-state index contributed by atoms with van der Waals surface area (Å²) in [6, 6.07) is 8.29. The smallest absolute Gasteiger partial charge is 0.203 e. The molecule has 0 aliphatic carbocycles. The van der Waals surface area contributed by atoms with Crippen molar-refractivity contribution in [2.24, 2.45) is 0 Å². The number of ether oxygens (including phenoxy) is 1. The van der Waals surface area contributed by atoms with Gasteiger partial charge in [0.25, 0.3) is 0 Å². The number of fused-ring (bicyclic) bond motifs is 1. The Kier molecular flexibility index (Phi) is 4.18. The standard InChI is InChI=1S/C15H22N4O/c1-2-19-14-6-4-3-5-13(14)17-15(19)16-7-8-18-9-11-20-12-10-18/h3-6H,2,7-12H2,1H3,(H,16,17). The third-order valence-electron chi connectivity index (χ3n) is 3.79. The third-order valence-corrected chi connectivity index (χ3v) is 3.79. The maximum Gasteiger partial charge on any atom is 0.203 e. The second kappa shape index (κ2) is 6.24. The molecule has 1 aromatic carbocycles. The van der Waals surface area contributed by atoms with E-state index in [0.717, 1.165) is 57.4 Å². The number of imidazole rings is 1. The van der Waals surface area contributed by atoms with Gasteiger partial charge in [0.15, 0.2) is 0 Å². The highest BCUT2D eigenvalue weighted by atomic mass is 16.5. The molecule has 1 aliphatic rings. The molecule has 0 unspecified atom stereocenters. The van der Waals surface area contributed by atoms with Gasteiger partial charge in [-0.2, -0.15) is 0 Å². The largest absolute Gasteiger partial charge is 0.379 e. The Bertz CT molecular complexity index is 560. The van der Waals surface area contributed by atoms with Gasteiger partial charge in [0.1, 0.15) is 0 Å². The van der Waals surface area contributed by atoms with Crippen LogP contribution < -0.4 is 5.32 Å². The molecule has 0 spiro atoms. The zero-order valence-corrected chi connectivity index (χ0v) is 12.0. The van der Waals surface area contributed by atoms with E-state index in [1.807, 2.05) is 6.07 Å². The minimum Gasteiger partial charge on any atom is -0.379 e. The predicted octanol–water partition coefficient (Wildman–Crippen LogP) is 1.80. The summed E-state index contributed by atoms with van der Waals surface area (Å²) in [5.41, 5.74) is 2.26. The van der Waals surface area contributed by atoms with Crippen LogP contribution in [0.4, 0.5) is 5.95 Å². The second-order valence-electron chi connectivity index (χ2n) is 5.05. The van der Waals surface area contributed by atoms with Crippen LogP contribution in [-0.2, 0) is 11.3 Å². The second-order valence-corrected chi connectivity index (χ2v) is 5.05. The predicted molar refractivity (Wildman–Crippen MR) is 81.2 cm³/mol. The van der Waals surface area contributed by atoms with Gasteiger partial charge in [-0.05, 0) is 19.1 Å². The number of aryl methyl sites for hydroxylation is 1. The summed E-state index contributed by atoms with van der Waals surface area (Å²) in [7, 11) is 0. The number of aromatic nitrogens is 2. The van der Waals surface area contributed by atoms with Gasteiger partial charge in [0.2, 0.25) is 5.95 Å². The molecule has 1 fully saturated rings. The fourth-order valence-electron chi connectivity index (χ4n) is 2.68. The Morgan fingerprint density at radius 3 is 2.85 bits per heavy atom. The van der Waals surface area contributed by atoms with Gasteiger partial charge in [-0.1, -0.05) is 12.1 Å². The van der Waals surface area contributed by atoms with Gasteiger partial charge in [0, 0.05) is 32.7 Å². The summed E-state index contributed by atoms with van der Waals surface area (Å²) in [6.07, 6.45) is 0. The molecular weight excluding hydrogens is 252 g/mol. The van der Waals surface area contributed by atoms with E-state index < -0.39 is 0 Å². The molecule has 5 heteroatoms. The highest BCUT2D eigenvalue weighted by Gasteiger charge is 2.11. The molecule has 1 aromatic heterocycles. The van der Waals surface area contributed by atoms with Crippen molar-refractivity contribution in [1.82, 2.24) is 14.5 Å². The minimum absolute atomic E-state index is 0.855. The molecule has 0 amide bonds. The van der Waals surface area contributed by atoms with Crippen molar-refractivity contribution in [3.05, 3.63) is 24.3 Å². The fraction of sp³-hybridized carbons (Fsp3) is 0.533. The Labute approximate surface area is 119 Å². The Hall–Kier alpha value is -1.59. The van der Waals surface area contributed by atoms with Gasteiger partial charge in [-0.3, -0.25) is 4.90 Å². The zero-order valence-electron chi connectivity index (χ0n) is 12.0. The molecule has 108 valence electrons. The first-order valence-electron chi connectivity index (χ1n) is 7.37. The number of hydrogen-bond donors (Lipinski definition) is 1. The summed E-state index contributed by atoms with van der Waals surface area (Å²) in [4.78, 5) is 7.10. The number of benzene rings is 1. The van der Waals surface area contributed by atoms with Crippen molar-refractivity contribution >= 4 is 17.0 Å². The lowest BCUT2D eigenvalue weighted by Crippen LogP contribution is -2.39. The molecule has 5 nitrogen and oxygen atoms in total. The molecule has 20 heavy (non-hydrogen) atoms. The average Bonchev–Trinajstić information content (AvgIpc) is 2.86. The summed E-state index contributed by atoms with van der Waals surface area (Å²) in [6.45, 7) is 8.82. The van der Waals surface area contributed by atoms with E-state index >= 15 is 0 Å². The van der Waals surface area contributed by atoms with Crippen LogP contribution in [0, 0.1) is 0 Å². The van der Waals surface area contributed by atoms with Crippen molar-refractivity contribution in [2.75, 3.05) is 44.7 Å². The molecule has 0 saturated carbocycles. The number of anilines is 1. The first-order valence-corrected chi connectivity index (χ1v) is 7.37. The normalized spacial score (nSPS) is 16.6. The molecule has 0 bridgehead atoms. The summed E-state index contributed by atoms with van der Waals surface area (Å²) < 4.78 is 7.59. The molecule has 1 aliphatic heterocycles. The molecular formula is C15H22N4O. The first-order chi connectivity index (χ1) is 9.88. The maximum atomic E-state index is 5.36. The Balaban J connectivity index is 1.64. The van der Waals surface area contributed by atoms with Crippen molar-refractivity contribution < 1.29 is 4.74 Å². The molecule has 1 saturated heterocycles. The van der Waals surface area contributed by atoms with Crippen LogP contribution >= 0.6 is 0 Å². The molecule has 3 rings (SSSR count). The van der Waals surface area contributed by atoms with E-state index in [9.17, 15) is 0 Å². The summed E-state index contributed by atoms with van der Waals surface area (Å²) in [5, 5.41) is 3.47. The van der Waals surface area contributed by atoms with Crippen molar-refractivity contribution in [1.29, 1.82) is 0 Å². The quantitative estimate of drug-likeness (QED) is 0.903. The van der Waals surface area contributed by atoms with E-state index in [4.69, 9.17) is 4.74 Å². The SMILES string of the molecule is CCn1c(NCCN2CCOCC2)nc2ccccc21. The van der Waals surface area contributed by atoms with E-state index in [0.29, 0.717) is 0 Å². The number of nitrogens with zero attached hydrogens (tertiary/aromatic N) is 3. The van der Waals surface area contributed by atoms with Crippen molar-refractivity contribution in [3.8, 4) is 0 Å². The van der Waals surface area contributed by atoms with Gasteiger partial charge in [-0.25, -0.2) is 4.98 Å². The molecule has 0 radical (unpaired) electrons. The minimum atomic E-state index is 0.855. The molecule has 1 N–H and O–H groups in total. The van der Waals surface area contributed by atoms with Crippen LogP contribution in [0.15, 0.2) is 24.3 Å². The van der Waals surface area contributed by atoms with Crippen LogP contribution in [0.5, 0.6) is 0 Å². The monoisotopic (exact) mass is 274 g/mol. The van der Waals surface area contributed by atoms with Crippen LogP contribution in [0.25, 0.3) is 11.0 Å². The molecule has 2 aromatic rings. The lowest BCUT2D eigenvalue weighted by Gasteiger charge is -2.26. The summed E-state index contributed by atoms with van der Waals surface area (Å²) in [5.74, 6) is 0.974. The highest BCUT2D eigenvalue weighted by Crippen LogP contribution is 2.19. The molecule has 2 heterocycles. The zero-order chi connectivity index (χ0) is 13.8. The number of morpholine rings is 1. The fourth-order valence-corrected chi connectivity index (χ4v) is 2.68. The number of hydrogen-bond acceptors (Lipinski definition) is 4. The van der Waals surface area contributed by atoms with Crippen molar-refractivity contribution in [2.45, 2.75) is 13.5 Å². The highest BCUT2D eigenvalue weighted by molar-refractivity contribution is 5.78. The average molecular weight is 274 g/mol. The molecule has 0 atom stereocenters. The lowest BCUT2D eigenvalue weighted by atomic mass is 10.3. The maximum absolute atomic E-state index is 5.36. The number of nitrogens with one attached hydrogen (secondary N) is 1. The van der Waals surface area contributed by atoms with Gasteiger partial charge < -0.3 is 14.6 Å². The number of para-hydroxylation sites is 2. The van der Waals surface area contributed by atoms with Gasteiger partial charge in [-0.15, -0.1) is 0 Å². The van der Waals surface area contributed by atoms with E-state index in [-0.39, 0.29) is 0 Å². The van der Waals surface area contributed by atoms with Crippen LogP contribution in [0.3, 0.4) is 0 Å².